The van der Waals surface area contributed by atoms with Gasteiger partial charge in [-0.05, 0) is 31.2 Å². The van der Waals surface area contributed by atoms with Crippen molar-refractivity contribution in [1.29, 1.82) is 0 Å². The van der Waals surface area contributed by atoms with Crippen LogP contribution in [-0.2, 0) is 0 Å². The first-order valence-electron chi connectivity index (χ1n) is 6.26. The van der Waals surface area contributed by atoms with E-state index in [0.29, 0.717) is 18.7 Å². The third-order valence-electron chi connectivity index (χ3n) is 2.90. The van der Waals surface area contributed by atoms with Crippen molar-refractivity contribution in [2.24, 2.45) is 0 Å². The van der Waals surface area contributed by atoms with E-state index in [4.69, 9.17) is 5.11 Å². The predicted molar refractivity (Wildman–Crippen MR) is 72.2 cm³/mol. The van der Waals surface area contributed by atoms with Crippen molar-refractivity contribution in [1.82, 2.24) is 14.7 Å². The van der Waals surface area contributed by atoms with E-state index in [1.807, 2.05) is 31.3 Å². The molecule has 1 aromatic carbocycles. The van der Waals surface area contributed by atoms with E-state index in [-0.39, 0.29) is 12.5 Å². The van der Waals surface area contributed by atoms with Crippen molar-refractivity contribution in [3.63, 3.8) is 0 Å². The van der Waals surface area contributed by atoms with Crippen molar-refractivity contribution in [3.05, 3.63) is 48.3 Å². The summed E-state index contributed by atoms with van der Waals surface area (Å²) < 4.78 is 1.71. The molecule has 1 N–H and O–H groups in total. The van der Waals surface area contributed by atoms with Crippen LogP contribution in [0.4, 0.5) is 0 Å². The lowest BCUT2D eigenvalue weighted by Gasteiger charge is -2.19. The molecule has 0 unspecified atom stereocenters. The Morgan fingerprint density at radius 2 is 2.26 bits per heavy atom. The third-order valence-corrected chi connectivity index (χ3v) is 2.90. The molecule has 19 heavy (non-hydrogen) atoms. The summed E-state index contributed by atoms with van der Waals surface area (Å²) in [6.45, 7) is 2.79. The van der Waals surface area contributed by atoms with E-state index in [1.54, 1.807) is 27.9 Å². The number of amides is 1. The summed E-state index contributed by atoms with van der Waals surface area (Å²) in [6, 6.07) is 9.13. The van der Waals surface area contributed by atoms with Gasteiger partial charge in [0.2, 0.25) is 0 Å². The summed E-state index contributed by atoms with van der Waals surface area (Å²) in [5, 5.41) is 13.1. The normalized spacial score (nSPS) is 10.4. The summed E-state index contributed by atoms with van der Waals surface area (Å²) in [7, 11) is 0. The largest absolute Gasteiger partial charge is 0.395 e. The molecule has 2 aromatic rings. The van der Waals surface area contributed by atoms with E-state index in [2.05, 4.69) is 5.10 Å². The Labute approximate surface area is 112 Å². The molecule has 1 amide bonds. The highest BCUT2D eigenvalue weighted by atomic mass is 16.3. The van der Waals surface area contributed by atoms with Gasteiger partial charge in [0.15, 0.2) is 0 Å². The summed E-state index contributed by atoms with van der Waals surface area (Å²) in [5.41, 5.74) is 1.44. The summed E-state index contributed by atoms with van der Waals surface area (Å²) in [5.74, 6) is -0.0782. The fourth-order valence-electron chi connectivity index (χ4n) is 1.91. The van der Waals surface area contributed by atoms with Gasteiger partial charge >= 0.3 is 0 Å². The average Bonchev–Trinajstić information content (AvgIpc) is 2.98. The molecule has 0 spiro atoms. The first-order chi connectivity index (χ1) is 9.26. The molecule has 0 atom stereocenters. The summed E-state index contributed by atoms with van der Waals surface area (Å²) in [6.07, 6.45) is 3.52. The molecule has 1 heterocycles. The fraction of sp³-hybridized carbons (Fsp3) is 0.286. The second-order valence-corrected chi connectivity index (χ2v) is 4.11. The van der Waals surface area contributed by atoms with Crippen LogP contribution in [0.5, 0.6) is 0 Å². The van der Waals surface area contributed by atoms with Gasteiger partial charge < -0.3 is 10.0 Å². The number of hydrogen-bond donors (Lipinski definition) is 1. The molecule has 0 aliphatic heterocycles. The minimum atomic E-state index is -0.0782. The molecule has 0 radical (unpaired) electrons. The standard InChI is InChI=1S/C14H17N3O2/c1-2-16(9-10-18)14(19)12-5-3-6-13(11-12)17-8-4-7-15-17/h3-8,11,18H,2,9-10H2,1H3. The van der Waals surface area contributed by atoms with Crippen LogP contribution < -0.4 is 0 Å². The Bertz CT molecular complexity index is 537. The van der Waals surface area contributed by atoms with Crippen LogP contribution >= 0.6 is 0 Å². The summed E-state index contributed by atoms with van der Waals surface area (Å²) in [4.78, 5) is 13.9. The van der Waals surface area contributed by atoms with E-state index in [1.165, 1.54) is 0 Å². The first-order valence-corrected chi connectivity index (χ1v) is 6.26. The van der Waals surface area contributed by atoms with Gasteiger partial charge in [0.05, 0.1) is 12.3 Å². The smallest absolute Gasteiger partial charge is 0.253 e. The molecule has 100 valence electrons. The Hall–Kier alpha value is -2.14. The Kier molecular flexibility index (Phi) is 4.30. The SMILES string of the molecule is CCN(CCO)C(=O)c1cccc(-n2cccn2)c1. The molecule has 5 heteroatoms. The van der Waals surface area contributed by atoms with Gasteiger partial charge in [-0.2, -0.15) is 5.10 Å². The zero-order valence-corrected chi connectivity index (χ0v) is 10.9. The van der Waals surface area contributed by atoms with Gasteiger partial charge in [-0.3, -0.25) is 4.79 Å². The number of aliphatic hydroxyl groups excluding tert-OH is 1. The van der Waals surface area contributed by atoms with Crippen LogP contribution in [0.15, 0.2) is 42.7 Å². The molecule has 1 aromatic heterocycles. The Morgan fingerprint density at radius 3 is 2.89 bits per heavy atom. The average molecular weight is 259 g/mol. The van der Waals surface area contributed by atoms with E-state index in [9.17, 15) is 4.79 Å². The van der Waals surface area contributed by atoms with Crippen LogP contribution in [0.2, 0.25) is 0 Å². The van der Waals surface area contributed by atoms with Crippen LogP contribution in [0.3, 0.4) is 0 Å². The van der Waals surface area contributed by atoms with Gasteiger partial charge in [0, 0.05) is 31.0 Å². The van der Waals surface area contributed by atoms with Crippen LogP contribution in [-0.4, -0.2) is 45.4 Å². The number of rotatable bonds is 5. The van der Waals surface area contributed by atoms with Crippen molar-refractivity contribution in [2.45, 2.75) is 6.92 Å². The van der Waals surface area contributed by atoms with E-state index < -0.39 is 0 Å². The first kappa shape index (κ1) is 13.3. The van der Waals surface area contributed by atoms with Gasteiger partial charge in [-0.1, -0.05) is 6.07 Å². The zero-order valence-electron chi connectivity index (χ0n) is 10.9. The minimum absolute atomic E-state index is 0.0293. The van der Waals surface area contributed by atoms with Gasteiger partial charge in [0.1, 0.15) is 0 Å². The lowest BCUT2D eigenvalue weighted by molar-refractivity contribution is 0.0732. The van der Waals surface area contributed by atoms with Crippen molar-refractivity contribution < 1.29 is 9.90 Å². The molecule has 0 aliphatic rings. The number of aliphatic hydroxyl groups is 1. The van der Waals surface area contributed by atoms with Crippen molar-refractivity contribution >= 4 is 5.91 Å². The maximum absolute atomic E-state index is 12.3. The number of benzene rings is 1. The lowest BCUT2D eigenvalue weighted by atomic mass is 10.1. The number of carbonyl (C=O) groups is 1. The van der Waals surface area contributed by atoms with Crippen LogP contribution in [0.25, 0.3) is 5.69 Å². The fourth-order valence-corrected chi connectivity index (χ4v) is 1.91. The lowest BCUT2D eigenvalue weighted by Crippen LogP contribution is -2.33. The predicted octanol–water partition coefficient (Wildman–Crippen LogP) is 1.33. The number of aromatic nitrogens is 2. The van der Waals surface area contributed by atoms with Gasteiger partial charge in [-0.25, -0.2) is 4.68 Å². The summed E-state index contributed by atoms with van der Waals surface area (Å²) >= 11 is 0. The van der Waals surface area contributed by atoms with E-state index >= 15 is 0 Å². The van der Waals surface area contributed by atoms with Crippen molar-refractivity contribution in [2.75, 3.05) is 19.7 Å². The zero-order chi connectivity index (χ0) is 13.7. The molecule has 5 nitrogen and oxygen atoms in total. The number of likely N-dealkylation sites (N-methyl/N-ethyl adjacent to an activating group) is 1. The maximum atomic E-state index is 12.3. The molecule has 0 saturated heterocycles. The molecular weight excluding hydrogens is 242 g/mol. The third kappa shape index (κ3) is 3.00. The molecular formula is C14H17N3O2. The van der Waals surface area contributed by atoms with E-state index in [0.717, 1.165) is 5.69 Å². The monoisotopic (exact) mass is 259 g/mol. The molecule has 0 aliphatic carbocycles. The molecule has 2 rings (SSSR count). The second-order valence-electron chi connectivity index (χ2n) is 4.11. The maximum Gasteiger partial charge on any atom is 0.253 e. The number of hydrogen-bond acceptors (Lipinski definition) is 3. The highest BCUT2D eigenvalue weighted by molar-refractivity contribution is 5.94. The molecule has 0 bridgehead atoms. The number of nitrogens with zero attached hydrogens (tertiary/aromatic N) is 3. The quantitative estimate of drug-likeness (QED) is 0.881. The number of carbonyl (C=O) groups excluding carboxylic acids is 1. The minimum Gasteiger partial charge on any atom is -0.395 e. The second kappa shape index (κ2) is 6.15. The van der Waals surface area contributed by atoms with Crippen LogP contribution in [0, 0.1) is 0 Å². The Balaban J connectivity index is 2.25. The molecule has 0 fully saturated rings. The highest BCUT2D eigenvalue weighted by Crippen LogP contribution is 2.11. The van der Waals surface area contributed by atoms with Gasteiger partial charge in [0.25, 0.3) is 5.91 Å². The molecule has 0 saturated carbocycles. The topological polar surface area (TPSA) is 58.4 Å². The van der Waals surface area contributed by atoms with Gasteiger partial charge in [-0.15, -0.1) is 0 Å². The van der Waals surface area contributed by atoms with Crippen LogP contribution in [0.1, 0.15) is 17.3 Å². The Morgan fingerprint density at radius 1 is 1.42 bits per heavy atom. The van der Waals surface area contributed by atoms with Crippen molar-refractivity contribution in [3.8, 4) is 5.69 Å². The highest BCUT2D eigenvalue weighted by Gasteiger charge is 2.14.